The molecular formula is C16H22ClNO2. The van der Waals surface area contributed by atoms with Crippen LogP contribution in [0, 0.1) is 5.92 Å². The van der Waals surface area contributed by atoms with Crippen molar-refractivity contribution in [3.05, 3.63) is 34.9 Å². The van der Waals surface area contributed by atoms with E-state index >= 15 is 0 Å². The van der Waals surface area contributed by atoms with Crippen LogP contribution < -0.4 is 5.32 Å². The van der Waals surface area contributed by atoms with Crippen LogP contribution in [0.3, 0.4) is 0 Å². The average molecular weight is 296 g/mol. The molecule has 1 aliphatic rings. The molecule has 0 spiro atoms. The number of rotatable bonds is 4. The average Bonchev–Trinajstić information content (AvgIpc) is 2.41. The molecule has 4 heteroatoms. The molecule has 0 atom stereocenters. The summed E-state index contributed by atoms with van der Waals surface area (Å²) < 4.78 is 0. The molecule has 3 nitrogen and oxygen atoms in total. The van der Waals surface area contributed by atoms with Crippen LogP contribution >= 0.6 is 11.6 Å². The lowest BCUT2D eigenvalue weighted by molar-refractivity contribution is -0.122. The van der Waals surface area contributed by atoms with Crippen molar-refractivity contribution in [3.8, 4) is 0 Å². The Morgan fingerprint density at radius 3 is 2.80 bits per heavy atom. The van der Waals surface area contributed by atoms with Gasteiger partial charge in [-0.15, -0.1) is 0 Å². The van der Waals surface area contributed by atoms with Gasteiger partial charge in [0, 0.05) is 11.6 Å². The molecule has 0 saturated heterocycles. The molecule has 0 radical (unpaired) electrons. The van der Waals surface area contributed by atoms with E-state index in [1.165, 1.54) is 0 Å². The Kier molecular flexibility index (Phi) is 5.06. The Morgan fingerprint density at radius 1 is 1.45 bits per heavy atom. The zero-order valence-electron chi connectivity index (χ0n) is 11.9. The molecule has 0 bridgehead atoms. The predicted octanol–water partition coefficient (Wildman–Crippen LogP) is 2.94. The molecule has 1 aliphatic carbocycles. The standard InChI is InChI=1S/C16H22ClNO2/c1-12-5-7-16(20,8-6-12)11-18-15(19)10-13-3-2-4-14(17)9-13/h2-4,9,12,20H,5-8,10-11H2,1H3,(H,18,19). The third kappa shape index (κ3) is 4.50. The molecule has 0 heterocycles. The van der Waals surface area contributed by atoms with Gasteiger partial charge in [0.05, 0.1) is 12.0 Å². The zero-order chi connectivity index (χ0) is 14.6. The Hall–Kier alpha value is -1.06. The normalized spacial score (nSPS) is 26.2. The molecule has 1 fully saturated rings. The summed E-state index contributed by atoms with van der Waals surface area (Å²) in [5.74, 6) is 0.608. The van der Waals surface area contributed by atoms with Crippen molar-refractivity contribution in [2.24, 2.45) is 5.92 Å². The third-order valence-corrected chi connectivity index (χ3v) is 4.31. The van der Waals surface area contributed by atoms with Crippen LogP contribution in [0.1, 0.15) is 38.2 Å². The van der Waals surface area contributed by atoms with Gasteiger partial charge in [-0.1, -0.05) is 30.7 Å². The highest BCUT2D eigenvalue weighted by atomic mass is 35.5. The number of benzene rings is 1. The van der Waals surface area contributed by atoms with E-state index in [0.29, 0.717) is 23.9 Å². The smallest absolute Gasteiger partial charge is 0.224 e. The third-order valence-electron chi connectivity index (χ3n) is 4.07. The first kappa shape index (κ1) is 15.3. The summed E-state index contributed by atoms with van der Waals surface area (Å²) in [6, 6.07) is 7.29. The lowest BCUT2D eigenvalue weighted by Crippen LogP contribution is -2.45. The van der Waals surface area contributed by atoms with Gasteiger partial charge in [-0.3, -0.25) is 4.79 Å². The summed E-state index contributed by atoms with van der Waals surface area (Å²) in [4.78, 5) is 11.9. The number of hydrogen-bond acceptors (Lipinski definition) is 2. The molecule has 110 valence electrons. The second kappa shape index (κ2) is 6.59. The molecule has 0 aromatic heterocycles. The number of amides is 1. The summed E-state index contributed by atoms with van der Waals surface area (Å²) in [7, 11) is 0. The summed E-state index contributed by atoms with van der Waals surface area (Å²) in [6.07, 6.45) is 3.89. The van der Waals surface area contributed by atoms with Gasteiger partial charge in [0.15, 0.2) is 0 Å². The van der Waals surface area contributed by atoms with Gasteiger partial charge >= 0.3 is 0 Å². The molecule has 1 amide bonds. The largest absolute Gasteiger partial charge is 0.388 e. The number of aliphatic hydroxyl groups is 1. The minimum atomic E-state index is -0.726. The Labute approximate surface area is 125 Å². The minimum Gasteiger partial charge on any atom is -0.388 e. The molecule has 1 saturated carbocycles. The van der Waals surface area contributed by atoms with Gasteiger partial charge in [0.2, 0.25) is 5.91 Å². The summed E-state index contributed by atoms with van der Waals surface area (Å²) >= 11 is 5.89. The van der Waals surface area contributed by atoms with E-state index in [1.54, 1.807) is 12.1 Å². The fourth-order valence-electron chi connectivity index (χ4n) is 2.63. The first-order chi connectivity index (χ1) is 9.47. The maximum atomic E-state index is 11.9. The van der Waals surface area contributed by atoms with Crippen LogP contribution in [0.15, 0.2) is 24.3 Å². The lowest BCUT2D eigenvalue weighted by Gasteiger charge is -2.34. The SMILES string of the molecule is CC1CCC(O)(CNC(=O)Cc2cccc(Cl)c2)CC1. The Morgan fingerprint density at radius 2 is 2.15 bits per heavy atom. The van der Waals surface area contributed by atoms with Crippen molar-refractivity contribution in [2.75, 3.05) is 6.54 Å². The van der Waals surface area contributed by atoms with Gasteiger partial charge in [-0.05, 0) is 49.3 Å². The Bertz CT molecular complexity index is 467. The number of carbonyl (C=O) groups is 1. The van der Waals surface area contributed by atoms with E-state index < -0.39 is 5.60 Å². The molecule has 0 aliphatic heterocycles. The van der Waals surface area contributed by atoms with E-state index in [2.05, 4.69) is 12.2 Å². The van der Waals surface area contributed by atoms with Crippen molar-refractivity contribution in [3.63, 3.8) is 0 Å². The van der Waals surface area contributed by atoms with Crippen molar-refractivity contribution in [2.45, 2.75) is 44.6 Å². The number of halogens is 1. The number of nitrogens with one attached hydrogen (secondary N) is 1. The van der Waals surface area contributed by atoms with Gasteiger partial charge in [-0.25, -0.2) is 0 Å². The number of hydrogen-bond donors (Lipinski definition) is 2. The molecule has 1 aromatic rings. The molecule has 2 N–H and O–H groups in total. The van der Waals surface area contributed by atoms with Crippen molar-refractivity contribution >= 4 is 17.5 Å². The van der Waals surface area contributed by atoms with Crippen molar-refractivity contribution in [1.29, 1.82) is 0 Å². The van der Waals surface area contributed by atoms with Crippen molar-refractivity contribution < 1.29 is 9.90 Å². The fraction of sp³-hybridized carbons (Fsp3) is 0.562. The van der Waals surface area contributed by atoms with E-state index in [0.717, 1.165) is 31.2 Å². The highest BCUT2D eigenvalue weighted by Crippen LogP contribution is 2.31. The highest BCUT2D eigenvalue weighted by Gasteiger charge is 2.31. The van der Waals surface area contributed by atoms with E-state index in [4.69, 9.17) is 11.6 Å². The summed E-state index contributed by atoms with van der Waals surface area (Å²) in [5.41, 5.74) is 0.163. The monoisotopic (exact) mass is 295 g/mol. The summed E-state index contributed by atoms with van der Waals surface area (Å²) in [6.45, 7) is 2.55. The first-order valence-electron chi connectivity index (χ1n) is 7.20. The molecule has 1 aromatic carbocycles. The molecule has 2 rings (SSSR count). The topological polar surface area (TPSA) is 49.3 Å². The maximum Gasteiger partial charge on any atom is 0.224 e. The molecular weight excluding hydrogens is 274 g/mol. The maximum absolute atomic E-state index is 11.9. The summed E-state index contributed by atoms with van der Waals surface area (Å²) in [5, 5.41) is 13.9. The second-order valence-corrected chi connectivity index (χ2v) is 6.43. The fourth-order valence-corrected chi connectivity index (χ4v) is 2.85. The van der Waals surface area contributed by atoms with E-state index in [1.807, 2.05) is 12.1 Å². The number of carbonyl (C=O) groups excluding carboxylic acids is 1. The van der Waals surface area contributed by atoms with E-state index in [9.17, 15) is 9.90 Å². The molecule has 0 unspecified atom stereocenters. The molecule has 20 heavy (non-hydrogen) atoms. The van der Waals surface area contributed by atoms with E-state index in [-0.39, 0.29) is 5.91 Å². The quantitative estimate of drug-likeness (QED) is 0.897. The van der Waals surface area contributed by atoms with Crippen LogP contribution in [0.4, 0.5) is 0 Å². The predicted molar refractivity (Wildman–Crippen MR) is 80.7 cm³/mol. The van der Waals surface area contributed by atoms with Gasteiger partial charge < -0.3 is 10.4 Å². The zero-order valence-corrected chi connectivity index (χ0v) is 12.6. The first-order valence-corrected chi connectivity index (χ1v) is 7.58. The lowest BCUT2D eigenvalue weighted by atomic mass is 9.79. The minimum absolute atomic E-state index is 0.0701. The van der Waals surface area contributed by atoms with Crippen LogP contribution in [0.2, 0.25) is 5.02 Å². The highest BCUT2D eigenvalue weighted by molar-refractivity contribution is 6.30. The van der Waals surface area contributed by atoms with Crippen LogP contribution in [0.5, 0.6) is 0 Å². The van der Waals surface area contributed by atoms with Crippen LogP contribution in [-0.4, -0.2) is 23.2 Å². The Balaban J connectivity index is 1.80. The van der Waals surface area contributed by atoms with Gasteiger partial charge in [-0.2, -0.15) is 0 Å². The van der Waals surface area contributed by atoms with Gasteiger partial charge in [0.1, 0.15) is 0 Å². The second-order valence-electron chi connectivity index (χ2n) is 5.99. The van der Waals surface area contributed by atoms with Crippen LogP contribution in [0.25, 0.3) is 0 Å². The van der Waals surface area contributed by atoms with Gasteiger partial charge in [0.25, 0.3) is 0 Å². The van der Waals surface area contributed by atoms with Crippen LogP contribution in [-0.2, 0) is 11.2 Å². The van der Waals surface area contributed by atoms with Crippen molar-refractivity contribution in [1.82, 2.24) is 5.32 Å².